The fourth-order valence-corrected chi connectivity index (χ4v) is 8.23. The number of benzene rings is 3. The first-order valence-electron chi connectivity index (χ1n) is 21.8. The van der Waals surface area contributed by atoms with Crippen molar-refractivity contribution < 1.29 is 45.1 Å². The summed E-state index contributed by atoms with van der Waals surface area (Å²) in [5.74, 6) is 1.85. The largest absolute Gasteiger partial charge is 0.490 e. The van der Waals surface area contributed by atoms with Crippen molar-refractivity contribution in [1.82, 2.24) is 19.4 Å². The van der Waals surface area contributed by atoms with Gasteiger partial charge in [0.1, 0.15) is 29.5 Å². The van der Waals surface area contributed by atoms with Crippen LogP contribution in [-0.4, -0.2) is 104 Å². The summed E-state index contributed by atoms with van der Waals surface area (Å²) >= 11 is 0. The molecule has 0 unspecified atom stereocenters. The molecule has 1 saturated heterocycles. The number of rotatable bonds is 18. The maximum atomic E-state index is 13.6. The number of hydrogen-bond donors (Lipinski definition) is 2. The molecule has 0 saturated carbocycles. The van der Waals surface area contributed by atoms with E-state index in [1.54, 1.807) is 30.3 Å². The number of carbonyl (C=O) groups is 1. The van der Waals surface area contributed by atoms with Crippen LogP contribution in [0.4, 0.5) is 18.9 Å². The second-order valence-corrected chi connectivity index (χ2v) is 17.7. The third-order valence-electron chi connectivity index (χ3n) is 11.4. The van der Waals surface area contributed by atoms with Gasteiger partial charge in [0.05, 0.1) is 22.6 Å². The Labute approximate surface area is 373 Å². The van der Waals surface area contributed by atoms with Crippen molar-refractivity contribution in [3.8, 4) is 23.1 Å². The van der Waals surface area contributed by atoms with E-state index in [0.717, 1.165) is 54.5 Å². The summed E-state index contributed by atoms with van der Waals surface area (Å²) in [6.45, 7) is 3.97. The van der Waals surface area contributed by atoms with Crippen LogP contribution >= 0.6 is 0 Å². The molecule has 0 radical (unpaired) electrons. The van der Waals surface area contributed by atoms with Crippen LogP contribution in [0.15, 0.2) is 90.0 Å². The number of unbranched alkanes of at least 4 members (excludes halogenated alkanes) is 7. The lowest BCUT2D eigenvalue weighted by molar-refractivity contribution is -0.153. The van der Waals surface area contributed by atoms with Crippen molar-refractivity contribution >= 4 is 32.6 Å². The average molecular weight is 909 g/mol. The van der Waals surface area contributed by atoms with E-state index < -0.39 is 22.9 Å². The second-order valence-electron chi connectivity index (χ2n) is 16.3. The molecule has 13 nitrogen and oxygen atoms in total. The third kappa shape index (κ3) is 14.1. The number of halogens is 3. The normalized spacial score (nSPS) is 14.4. The molecule has 0 spiro atoms. The zero-order chi connectivity index (χ0) is 45.7. The number of carbonyl (C=O) groups excluding carboxylic acids is 1. The molecule has 0 atom stereocenters. The summed E-state index contributed by atoms with van der Waals surface area (Å²) in [7, 11) is -0.360. The van der Waals surface area contributed by atoms with E-state index >= 15 is 0 Å². The van der Waals surface area contributed by atoms with Gasteiger partial charge in [-0.15, -0.1) is 0 Å². The smallest absolute Gasteiger partial charge is 0.422 e. The number of likely N-dealkylation sites (N-methyl/N-ethyl adjacent to an activating group) is 1. The van der Waals surface area contributed by atoms with Gasteiger partial charge in [0, 0.05) is 76.6 Å². The summed E-state index contributed by atoms with van der Waals surface area (Å²) in [6.07, 6.45) is 8.49. The van der Waals surface area contributed by atoms with Crippen LogP contribution < -0.4 is 24.8 Å². The van der Waals surface area contributed by atoms with Gasteiger partial charge in [0.25, 0.3) is 16.0 Å². The van der Waals surface area contributed by atoms with Gasteiger partial charge in [-0.25, -0.2) is 4.98 Å². The number of amides is 1. The third-order valence-corrected chi connectivity index (χ3v) is 12.2. The molecule has 2 aliphatic heterocycles. The highest BCUT2D eigenvalue weighted by Crippen LogP contribution is 2.33. The van der Waals surface area contributed by atoms with E-state index in [4.69, 9.17) is 24.5 Å². The number of hydrogen-bond acceptors (Lipinski definition) is 10. The minimum absolute atomic E-state index is 0.0215. The van der Waals surface area contributed by atoms with Crippen LogP contribution in [-0.2, 0) is 30.1 Å². The van der Waals surface area contributed by atoms with Crippen LogP contribution in [0.3, 0.4) is 0 Å². The molecule has 1 amide bonds. The predicted octanol–water partition coefficient (Wildman–Crippen LogP) is 8.65. The molecule has 346 valence electrons. The molecule has 64 heavy (non-hydrogen) atoms. The van der Waals surface area contributed by atoms with Gasteiger partial charge in [-0.1, -0.05) is 56.7 Å². The molecule has 3 N–H and O–H groups in total. The monoisotopic (exact) mass is 908 g/mol. The quantitative estimate of drug-likeness (QED) is 0.0642. The number of nitrogens with zero attached hydrogens (tertiary/aromatic N) is 5. The molecule has 2 aliphatic rings. The second kappa shape index (κ2) is 22.5. The van der Waals surface area contributed by atoms with Crippen LogP contribution in [0.25, 0.3) is 10.9 Å². The van der Waals surface area contributed by atoms with E-state index in [1.165, 1.54) is 56.2 Å². The molecular weight excluding hydrogens is 850 g/mol. The van der Waals surface area contributed by atoms with E-state index in [-0.39, 0.29) is 16.6 Å². The van der Waals surface area contributed by atoms with Gasteiger partial charge in [0.15, 0.2) is 6.61 Å². The number of aryl methyl sites for hydroxylation is 2. The summed E-state index contributed by atoms with van der Waals surface area (Å²) in [4.78, 5) is 24.0. The minimum Gasteiger partial charge on any atom is -0.490 e. The first-order valence-corrected chi connectivity index (χ1v) is 23.3. The summed E-state index contributed by atoms with van der Waals surface area (Å²) in [5, 5.41) is 0.957. The standard InChI is InChI=1S/C38H48F3N5O3.C9H11NO4S/c1-44-34-25-33(49-36-18-13-29(26-43-36)10-8-6-4-2-3-5-7-9-19-42)17-14-31(34)24-35(44)37(47)46-22-20-45(21-23-46)27-30-11-15-32(16-12-30)48-28-38(39,40)41;1-10-4-5-14-9-6-7(15(11,12)13)2-3-8(9)10/h11-18,24-26H,2-10,19-23,27-28,42H2,1H3;2-3,6H,4-5H2,1H3,(H,11,12,13). The number of alkyl halides is 3. The van der Waals surface area contributed by atoms with E-state index in [9.17, 15) is 26.4 Å². The van der Waals surface area contributed by atoms with Crippen LogP contribution in [0.2, 0.25) is 0 Å². The van der Waals surface area contributed by atoms with Crippen molar-refractivity contribution in [2.75, 3.05) is 64.4 Å². The highest BCUT2D eigenvalue weighted by Gasteiger charge is 2.29. The lowest BCUT2D eigenvalue weighted by Crippen LogP contribution is -2.48. The van der Waals surface area contributed by atoms with Crippen molar-refractivity contribution in [1.29, 1.82) is 0 Å². The SMILES string of the molecule is CN1CCOc2cc(S(=O)(=O)O)ccc21.Cn1c(C(=O)N2CCN(Cc3ccc(OCC(F)(F)F)cc3)CC2)cc2ccc(Oc3ccc(CCCCCCCCCCN)cn3)cc21. The minimum atomic E-state index is -4.37. The van der Waals surface area contributed by atoms with Gasteiger partial charge in [-0.2, -0.15) is 21.6 Å². The molecule has 7 rings (SSSR count). The number of anilines is 1. The van der Waals surface area contributed by atoms with Crippen LogP contribution in [0, 0.1) is 0 Å². The molecule has 2 aromatic heterocycles. The first kappa shape index (κ1) is 48.1. The van der Waals surface area contributed by atoms with Crippen molar-refractivity contribution in [2.24, 2.45) is 12.8 Å². The van der Waals surface area contributed by atoms with Crippen molar-refractivity contribution in [2.45, 2.75) is 75.4 Å². The zero-order valence-corrected chi connectivity index (χ0v) is 37.4. The van der Waals surface area contributed by atoms with Crippen LogP contribution in [0.5, 0.6) is 23.1 Å². The first-order chi connectivity index (χ1) is 30.7. The Balaban J connectivity index is 0.000000380. The van der Waals surface area contributed by atoms with Crippen LogP contribution in [0.1, 0.15) is 73.0 Å². The van der Waals surface area contributed by atoms with E-state index in [0.29, 0.717) is 62.4 Å². The Hall–Kier alpha value is -5.36. The Morgan fingerprint density at radius 2 is 1.48 bits per heavy atom. The van der Waals surface area contributed by atoms with Gasteiger partial charge < -0.3 is 34.3 Å². The number of nitrogens with two attached hydrogens (primary N) is 1. The number of ether oxygens (including phenoxy) is 3. The van der Waals surface area contributed by atoms with Gasteiger partial charge >= 0.3 is 6.18 Å². The lowest BCUT2D eigenvalue weighted by Gasteiger charge is -2.34. The Kier molecular flexibility index (Phi) is 16.9. The molecule has 17 heteroatoms. The maximum Gasteiger partial charge on any atom is 0.422 e. The summed E-state index contributed by atoms with van der Waals surface area (Å²) < 4.78 is 86.0. The molecule has 4 heterocycles. The fraction of sp³-hybridized carbons (Fsp3) is 0.447. The highest BCUT2D eigenvalue weighted by molar-refractivity contribution is 7.85. The predicted molar refractivity (Wildman–Crippen MR) is 241 cm³/mol. The average Bonchev–Trinajstić information content (AvgIpc) is 3.60. The Morgan fingerprint density at radius 3 is 2.14 bits per heavy atom. The number of aromatic nitrogens is 2. The summed E-state index contributed by atoms with van der Waals surface area (Å²) in [6, 6.07) is 22.7. The lowest BCUT2D eigenvalue weighted by atomic mass is 10.1. The molecule has 0 bridgehead atoms. The number of pyridine rings is 1. The summed E-state index contributed by atoms with van der Waals surface area (Å²) in [5.41, 5.74) is 10.1. The topological polar surface area (TPSA) is 153 Å². The fourth-order valence-electron chi connectivity index (χ4n) is 7.74. The molecule has 3 aromatic carbocycles. The molecule has 0 aliphatic carbocycles. The van der Waals surface area contributed by atoms with Gasteiger partial charge in [0.2, 0.25) is 5.88 Å². The molecule has 5 aromatic rings. The zero-order valence-electron chi connectivity index (χ0n) is 36.6. The highest BCUT2D eigenvalue weighted by atomic mass is 32.2. The van der Waals surface area contributed by atoms with E-state index in [1.807, 2.05) is 65.0 Å². The van der Waals surface area contributed by atoms with Crippen molar-refractivity contribution in [3.05, 3.63) is 102 Å². The van der Waals surface area contributed by atoms with E-state index in [2.05, 4.69) is 16.0 Å². The number of fused-ring (bicyclic) bond motifs is 2. The Morgan fingerprint density at radius 1 is 0.812 bits per heavy atom. The Bertz CT molecular complexity index is 2390. The number of piperazine rings is 1. The van der Waals surface area contributed by atoms with Gasteiger partial charge in [-0.3, -0.25) is 14.2 Å². The van der Waals surface area contributed by atoms with Gasteiger partial charge in [-0.05, 0) is 79.4 Å². The van der Waals surface area contributed by atoms with Crippen molar-refractivity contribution in [3.63, 3.8) is 0 Å². The molecular formula is C47H59F3N6O7S. The molecule has 1 fully saturated rings. The maximum absolute atomic E-state index is 13.6.